The van der Waals surface area contributed by atoms with Gasteiger partial charge in [0.15, 0.2) is 5.82 Å². The number of nitrogens with one attached hydrogen (secondary N) is 2. The fourth-order valence-corrected chi connectivity index (χ4v) is 3.27. The molecule has 1 saturated carbocycles. The van der Waals surface area contributed by atoms with Crippen molar-refractivity contribution in [2.24, 2.45) is 0 Å². The predicted octanol–water partition coefficient (Wildman–Crippen LogP) is 3.34. The highest BCUT2D eigenvalue weighted by Gasteiger charge is 2.28. The van der Waals surface area contributed by atoms with Gasteiger partial charge in [0.25, 0.3) is 5.91 Å². The summed E-state index contributed by atoms with van der Waals surface area (Å²) < 4.78 is 1.83. The van der Waals surface area contributed by atoms with Gasteiger partial charge in [-0.25, -0.2) is 4.68 Å². The molecular formula is C23H26N6O2. The molecule has 1 aromatic heterocycles. The van der Waals surface area contributed by atoms with Crippen LogP contribution in [0.15, 0.2) is 48.5 Å². The number of carbonyl (C=O) groups excluding carboxylic acids is 2. The third kappa shape index (κ3) is 4.96. The van der Waals surface area contributed by atoms with Crippen LogP contribution >= 0.6 is 0 Å². The summed E-state index contributed by atoms with van der Waals surface area (Å²) in [7, 11) is 0. The second-order valence-corrected chi connectivity index (χ2v) is 8.82. The molecule has 31 heavy (non-hydrogen) atoms. The van der Waals surface area contributed by atoms with Crippen LogP contribution in [-0.4, -0.2) is 38.6 Å². The molecule has 2 aromatic carbocycles. The molecule has 1 aliphatic carbocycles. The minimum atomic E-state index is -0.307. The van der Waals surface area contributed by atoms with Gasteiger partial charge in [0.1, 0.15) is 0 Å². The first-order valence-electron chi connectivity index (χ1n) is 10.4. The lowest BCUT2D eigenvalue weighted by Gasteiger charge is -2.19. The van der Waals surface area contributed by atoms with Crippen LogP contribution in [0.1, 0.15) is 55.6 Å². The van der Waals surface area contributed by atoms with Gasteiger partial charge in [0, 0.05) is 16.8 Å². The van der Waals surface area contributed by atoms with Gasteiger partial charge in [-0.15, -0.1) is 5.10 Å². The Bertz CT molecular complexity index is 1090. The van der Waals surface area contributed by atoms with Gasteiger partial charge in [0.2, 0.25) is 5.91 Å². The Morgan fingerprint density at radius 2 is 1.84 bits per heavy atom. The molecule has 8 nitrogen and oxygen atoms in total. The van der Waals surface area contributed by atoms with Crippen LogP contribution in [0.2, 0.25) is 0 Å². The van der Waals surface area contributed by atoms with E-state index in [0.29, 0.717) is 23.1 Å². The zero-order valence-corrected chi connectivity index (χ0v) is 17.9. The van der Waals surface area contributed by atoms with Crippen LogP contribution in [0.5, 0.6) is 0 Å². The summed E-state index contributed by atoms with van der Waals surface area (Å²) in [5, 5.41) is 17.4. The fourth-order valence-electron chi connectivity index (χ4n) is 3.27. The number of nitrogens with zero attached hydrogens (tertiary/aromatic N) is 4. The van der Waals surface area contributed by atoms with Crippen molar-refractivity contribution in [1.82, 2.24) is 25.5 Å². The van der Waals surface area contributed by atoms with E-state index in [2.05, 4.69) is 46.9 Å². The van der Waals surface area contributed by atoms with E-state index in [4.69, 9.17) is 0 Å². The van der Waals surface area contributed by atoms with Gasteiger partial charge in [-0.05, 0) is 58.5 Å². The highest BCUT2D eigenvalue weighted by atomic mass is 16.2. The van der Waals surface area contributed by atoms with E-state index in [-0.39, 0.29) is 23.8 Å². The molecule has 0 aliphatic heterocycles. The number of tetrazole rings is 1. The number of rotatable bonds is 6. The maximum atomic E-state index is 12.4. The van der Waals surface area contributed by atoms with E-state index in [1.165, 1.54) is 0 Å². The fraction of sp³-hybridized carbons (Fsp3) is 0.348. The lowest BCUT2D eigenvalue weighted by molar-refractivity contribution is -0.115. The van der Waals surface area contributed by atoms with Gasteiger partial charge < -0.3 is 10.6 Å². The first kappa shape index (κ1) is 20.7. The SMILES string of the molecule is CC(C)(C)c1ccc(C(=O)NCC(=O)Nc2cccc(-c3nnnn3C3CC3)c2)cc1. The van der Waals surface area contributed by atoms with E-state index >= 15 is 0 Å². The molecule has 160 valence electrons. The van der Waals surface area contributed by atoms with Gasteiger partial charge >= 0.3 is 0 Å². The monoisotopic (exact) mass is 418 g/mol. The van der Waals surface area contributed by atoms with Crippen molar-refractivity contribution >= 4 is 17.5 Å². The molecule has 1 heterocycles. The molecule has 0 radical (unpaired) electrons. The smallest absolute Gasteiger partial charge is 0.251 e. The highest BCUT2D eigenvalue weighted by molar-refractivity contribution is 5.99. The Balaban J connectivity index is 1.35. The average Bonchev–Trinajstić information content (AvgIpc) is 3.48. The second kappa shape index (κ2) is 8.29. The molecule has 1 aliphatic rings. The summed E-state index contributed by atoms with van der Waals surface area (Å²) in [5.41, 5.74) is 3.14. The molecule has 0 spiro atoms. The molecule has 1 fully saturated rings. The van der Waals surface area contributed by atoms with Crippen molar-refractivity contribution < 1.29 is 9.59 Å². The molecular weight excluding hydrogens is 392 g/mol. The van der Waals surface area contributed by atoms with Gasteiger partial charge in [-0.1, -0.05) is 45.0 Å². The van der Waals surface area contributed by atoms with Crippen LogP contribution < -0.4 is 10.6 Å². The minimum absolute atomic E-state index is 0.0192. The number of anilines is 1. The lowest BCUT2D eigenvalue weighted by Crippen LogP contribution is -2.32. The lowest BCUT2D eigenvalue weighted by atomic mass is 9.87. The predicted molar refractivity (Wildman–Crippen MR) is 118 cm³/mol. The maximum absolute atomic E-state index is 12.4. The largest absolute Gasteiger partial charge is 0.343 e. The molecule has 0 bridgehead atoms. The summed E-state index contributed by atoms with van der Waals surface area (Å²) in [6.45, 7) is 6.24. The van der Waals surface area contributed by atoms with Crippen LogP contribution in [0.3, 0.4) is 0 Å². The Hall–Kier alpha value is -3.55. The highest BCUT2D eigenvalue weighted by Crippen LogP contribution is 2.36. The summed E-state index contributed by atoms with van der Waals surface area (Å²) >= 11 is 0. The first-order chi connectivity index (χ1) is 14.8. The van der Waals surface area contributed by atoms with Crippen molar-refractivity contribution in [3.05, 3.63) is 59.7 Å². The van der Waals surface area contributed by atoms with Crippen LogP contribution in [0.4, 0.5) is 5.69 Å². The molecule has 3 aromatic rings. The molecule has 0 unspecified atom stereocenters. The van der Waals surface area contributed by atoms with Crippen molar-refractivity contribution in [1.29, 1.82) is 0 Å². The van der Waals surface area contributed by atoms with Gasteiger partial charge in [-0.3, -0.25) is 9.59 Å². The third-order valence-corrected chi connectivity index (χ3v) is 5.21. The third-order valence-electron chi connectivity index (χ3n) is 5.21. The molecule has 0 atom stereocenters. The Kier molecular flexibility index (Phi) is 5.54. The number of hydrogen-bond donors (Lipinski definition) is 2. The van der Waals surface area contributed by atoms with E-state index in [1.807, 2.05) is 35.0 Å². The molecule has 4 rings (SSSR count). The number of carbonyl (C=O) groups is 2. The van der Waals surface area contributed by atoms with E-state index in [9.17, 15) is 9.59 Å². The zero-order chi connectivity index (χ0) is 22.0. The zero-order valence-electron chi connectivity index (χ0n) is 17.9. The standard InChI is InChI=1S/C23H26N6O2/c1-23(2,3)17-9-7-15(8-10-17)22(31)24-14-20(30)25-18-6-4-5-16(13-18)21-26-27-28-29(21)19-11-12-19/h4-10,13,19H,11-12,14H2,1-3H3,(H,24,31)(H,25,30). The Morgan fingerprint density at radius 1 is 1.10 bits per heavy atom. The van der Waals surface area contributed by atoms with Crippen molar-refractivity contribution in [3.8, 4) is 11.4 Å². The minimum Gasteiger partial charge on any atom is -0.343 e. The topological polar surface area (TPSA) is 102 Å². The summed E-state index contributed by atoms with van der Waals surface area (Å²) in [6, 6.07) is 15.2. The second-order valence-electron chi connectivity index (χ2n) is 8.82. The average molecular weight is 419 g/mol. The van der Waals surface area contributed by atoms with E-state index in [1.54, 1.807) is 18.2 Å². The molecule has 0 saturated heterocycles. The van der Waals surface area contributed by atoms with Gasteiger partial charge in [-0.2, -0.15) is 0 Å². The Morgan fingerprint density at radius 3 is 2.52 bits per heavy atom. The maximum Gasteiger partial charge on any atom is 0.251 e. The molecule has 2 N–H and O–H groups in total. The summed E-state index contributed by atoms with van der Waals surface area (Å²) in [6.07, 6.45) is 2.15. The van der Waals surface area contributed by atoms with Gasteiger partial charge in [0.05, 0.1) is 12.6 Å². The van der Waals surface area contributed by atoms with Crippen LogP contribution in [0, 0.1) is 0 Å². The number of aromatic nitrogens is 4. The number of benzene rings is 2. The number of amides is 2. The summed E-state index contributed by atoms with van der Waals surface area (Å²) in [5.74, 6) is 0.0946. The van der Waals surface area contributed by atoms with Crippen LogP contribution in [-0.2, 0) is 10.2 Å². The van der Waals surface area contributed by atoms with Crippen molar-refractivity contribution in [3.63, 3.8) is 0 Å². The Labute approximate surface area is 181 Å². The van der Waals surface area contributed by atoms with E-state index in [0.717, 1.165) is 24.0 Å². The van der Waals surface area contributed by atoms with Crippen molar-refractivity contribution in [2.75, 3.05) is 11.9 Å². The quantitative estimate of drug-likeness (QED) is 0.639. The summed E-state index contributed by atoms with van der Waals surface area (Å²) in [4.78, 5) is 24.7. The van der Waals surface area contributed by atoms with Crippen molar-refractivity contribution in [2.45, 2.75) is 45.1 Å². The number of hydrogen-bond acceptors (Lipinski definition) is 5. The van der Waals surface area contributed by atoms with Crippen LogP contribution in [0.25, 0.3) is 11.4 Å². The normalized spacial score (nSPS) is 13.6. The molecule has 8 heteroatoms. The van der Waals surface area contributed by atoms with E-state index < -0.39 is 0 Å². The molecule has 2 amide bonds. The first-order valence-corrected chi connectivity index (χ1v) is 10.4.